The van der Waals surface area contributed by atoms with Crippen LogP contribution in [0, 0.1) is 19.8 Å². The summed E-state index contributed by atoms with van der Waals surface area (Å²) < 4.78 is 13.4. The fraction of sp³-hybridized carbons (Fsp3) is 0.485. The number of nitrogens with one attached hydrogen (secondary N) is 3. The molecule has 236 valence electrons. The molecule has 1 aromatic carbocycles. The summed E-state index contributed by atoms with van der Waals surface area (Å²) in [5.41, 5.74) is 3.99. The van der Waals surface area contributed by atoms with Crippen molar-refractivity contribution in [3.8, 4) is 22.6 Å². The van der Waals surface area contributed by atoms with Crippen LogP contribution in [0.15, 0.2) is 40.2 Å². The number of pyridine rings is 2. The van der Waals surface area contributed by atoms with Crippen molar-refractivity contribution >= 4 is 35.9 Å². The van der Waals surface area contributed by atoms with Gasteiger partial charge in [0.15, 0.2) is 11.5 Å². The van der Waals surface area contributed by atoms with Gasteiger partial charge >= 0.3 is 0 Å². The van der Waals surface area contributed by atoms with Crippen LogP contribution in [0.2, 0.25) is 0 Å². The molecule has 0 saturated carbocycles. The first kappa shape index (κ1) is 32.2. The van der Waals surface area contributed by atoms with E-state index in [0.717, 1.165) is 72.1 Å². The average Bonchev–Trinajstić information content (AvgIpc) is 3.40. The fourth-order valence-electron chi connectivity index (χ4n) is 6.50. The number of benzene rings is 1. The SMILES string of the molecule is CSc1cc(C)[nH]c(=O)c1CNC(=O)c1cc(-c2ccc(N3CCCCC3)nc2)c2c(c1C)OC(C)(C1CCNCC1)O2.Cl. The number of hydrogen-bond donors (Lipinski definition) is 3. The topological polar surface area (TPSA) is 109 Å². The molecule has 9 nitrogen and oxygen atoms in total. The largest absolute Gasteiger partial charge is 0.448 e. The van der Waals surface area contributed by atoms with Crippen LogP contribution in [0.4, 0.5) is 5.82 Å². The Labute approximate surface area is 269 Å². The number of rotatable bonds is 7. The lowest BCUT2D eigenvalue weighted by atomic mass is 9.90. The Hall–Kier alpha value is -3.21. The number of halogens is 1. The normalized spacial score (nSPS) is 19.9. The quantitative estimate of drug-likeness (QED) is 0.287. The van der Waals surface area contributed by atoms with Crippen molar-refractivity contribution in [3.63, 3.8) is 0 Å². The number of nitrogens with zero attached hydrogens (tertiary/aromatic N) is 2. The van der Waals surface area contributed by atoms with Crippen molar-refractivity contribution in [2.24, 2.45) is 5.92 Å². The zero-order valence-electron chi connectivity index (χ0n) is 25.9. The van der Waals surface area contributed by atoms with Gasteiger partial charge in [-0.1, -0.05) is 0 Å². The lowest BCUT2D eigenvalue weighted by Crippen LogP contribution is -2.47. The Morgan fingerprint density at radius 1 is 1.11 bits per heavy atom. The molecule has 6 rings (SSSR count). The molecule has 2 aromatic heterocycles. The first-order valence-electron chi connectivity index (χ1n) is 15.3. The third kappa shape index (κ3) is 6.30. The smallest absolute Gasteiger partial charge is 0.254 e. The van der Waals surface area contributed by atoms with E-state index in [1.54, 1.807) is 0 Å². The van der Waals surface area contributed by atoms with Crippen LogP contribution >= 0.6 is 24.2 Å². The molecule has 3 N–H and O–H groups in total. The molecule has 11 heteroatoms. The maximum atomic E-state index is 13.8. The minimum Gasteiger partial charge on any atom is -0.448 e. The summed E-state index contributed by atoms with van der Waals surface area (Å²) in [4.78, 5) is 37.3. The van der Waals surface area contributed by atoms with Gasteiger partial charge in [-0.25, -0.2) is 4.98 Å². The van der Waals surface area contributed by atoms with Crippen molar-refractivity contribution in [1.29, 1.82) is 0 Å². The highest BCUT2D eigenvalue weighted by Gasteiger charge is 2.46. The monoisotopic (exact) mass is 639 g/mol. The molecule has 5 heterocycles. The molecular weight excluding hydrogens is 598 g/mol. The number of piperidine rings is 2. The van der Waals surface area contributed by atoms with Crippen LogP contribution in [0.25, 0.3) is 11.1 Å². The Balaban J connectivity index is 0.00000384. The molecule has 0 bridgehead atoms. The molecule has 1 atom stereocenters. The maximum Gasteiger partial charge on any atom is 0.254 e. The number of carbonyl (C=O) groups excluding carboxylic acids is 1. The lowest BCUT2D eigenvalue weighted by Gasteiger charge is -2.35. The Morgan fingerprint density at radius 3 is 2.52 bits per heavy atom. The first-order chi connectivity index (χ1) is 20.8. The van der Waals surface area contributed by atoms with Crippen molar-refractivity contribution in [1.82, 2.24) is 20.6 Å². The van der Waals surface area contributed by atoms with Gasteiger partial charge in [0.1, 0.15) is 5.82 Å². The molecule has 3 aliphatic rings. The molecule has 0 radical (unpaired) electrons. The molecule has 1 unspecified atom stereocenters. The minimum atomic E-state index is -0.831. The Morgan fingerprint density at radius 2 is 1.84 bits per heavy atom. The summed E-state index contributed by atoms with van der Waals surface area (Å²) in [5, 5.41) is 6.42. The number of amides is 1. The molecule has 3 aliphatic heterocycles. The average molecular weight is 640 g/mol. The van der Waals surface area contributed by atoms with Gasteiger partial charge in [0.25, 0.3) is 17.3 Å². The van der Waals surface area contributed by atoms with Gasteiger partial charge in [0.2, 0.25) is 0 Å². The summed E-state index contributed by atoms with van der Waals surface area (Å²) >= 11 is 1.49. The molecule has 0 aliphatic carbocycles. The van der Waals surface area contributed by atoms with Crippen molar-refractivity contribution in [2.45, 2.75) is 70.1 Å². The highest BCUT2D eigenvalue weighted by Crippen LogP contribution is 2.52. The summed E-state index contributed by atoms with van der Waals surface area (Å²) in [7, 11) is 0. The number of aryl methyl sites for hydroxylation is 1. The number of ether oxygens (including phenoxy) is 2. The van der Waals surface area contributed by atoms with E-state index in [1.807, 2.05) is 45.4 Å². The van der Waals surface area contributed by atoms with Crippen molar-refractivity contribution in [3.05, 3.63) is 63.2 Å². The van der Waals surface area contributed by atoms with E-state index in [2.05, 4.69) is 32.7 Å². The van der Waals surface area contributed by atoms with Gasteiger partial charge in [0, 0.05) is 77.1 Å². The van der Waals surface area contributed by atoms with Crippen LogP contribution in [0.5, 0.6) is 11.5 Å². The molecule has 0 spiro atoms. The third-order valence-corrected chi connectivity index (χ3v) is 9.84. The van der Waals surface area contributed by atoms with E-state index >= 15 is 0 Å². The van der Waals surface area contributed by atoms with Crippen molar-refractivity contribution in [2.75, 3.05) is 37.3 Å². The second-order valence-electron chi connectivity index (χ2n) is 12.0. The number of carbonyl (C=O) groups is 1. The summed E-state index contributed by atoms with van der Waals surface area (Å²) in [5.74, 6) is 1.33. The maximum absolute atomic E-state index is 13.8. The predicted molar refractivity (Wildman–Crippen MR) is 178 cm³/mol. The van der Waals surface area contributed by atoms with Gasteiger partial charge in [-0.3, -0.25) is 9.59 Å². The van der Waals surface area contributed by atoms with Crippen LogP contribution in [0.3, 0.4) is 0 Å². The van der Waals surface area contributed by atoms with E-state index in [0.29, 0.717) is 22.6 Å². The third-order valence-electron chi connectivity index (χ3n) is 9.03. The van der Waals surface area contributed by atoms with Gasteiger partial charge in [0.05, 0.1) is 0 Å². The minimum absolute atomic E-state index is 0. The number of aromatic amines is 1. The molecule has 44 heavy (non-hydrogen) atoms. The zero-order chi connectivity index (χ0) is 30.1. The summed E-state index contributed by atoms with van der Waals surface area (Å²) in [6, 6.07) is 7.93. The van der Waals surface area contributed by atoms with Gasteiger partial charge in [-0.15, -0.1) is 24.2 Å². The lowest BCUT2D eigenvalue weighted by molar-refractivity contribution is -0.117. The van der Waals surface area contributed by atoms with E-state index < -0.39 is 5.79 Å². The summed E-state index contributed by atoms with van der Waals surface area (Å²) in [6.07, 6.45) is 9.32. The number of aromatic nitrogens is 2. The summed E-state index contributed by atoms with van der Waals surface area (Å²) in [6.45, 7) is 9.76. The van der Waals surface area contributed by atoms with Gasteiger partial charge in [-0.2, -0.15) is 0 Å². The Bertz CT molecular complexity index is 1570. The van der Waals surface area contributed by atoms with Gasteiger partial charge < -0.3 is 30.0 Å². The highest BCUT2D eigenvalue weighted by molar-refractivity contribution is 7.98. The van der Waals surface area contributed by atoms with E-state index in [1.165, 1.54) is 31.0 Å². The molecule has 1 amide bonds. The molecule has 2 saturated heterocycles. The number of H-pyrrole nitrogens is 1. The van der Waals surface area contributed by atoms with E-state index in [9.17, 15) is 9.59 Å². The first-order valence-corrected chi connectivity index (χ1v) is 16.5. The molecular formula is C33H42ClN5O4S. The molecule has 3 aromatic rings. The zero-order valence-corrected chi connectivity index (χ0v) is 27.5. The van der Waals surface area contributed by atoms with Gasteiger partial charge in [-0.05, 0) is 89.6 Å². The Kier molecular flexibility index (Phi) is 9.82. The van der Waals surface area contributed by atoms with Crippen molar-refractivity contribution < 1.29 is 14.3 Å². The van der Waals surface area contributed by atoms with E-state index in [4.69, 9.17) is 14.5 Å². The number of anilines is 1. The number of thioether (sulfide) groups is 1. The van der Waals surface area contributed by atoms with Crippen LogP contribution in [-0.4, -0.2) is 54.1 Å². The highest BCUT2D eigenvalue weighted by atomic mass is 35.5. The molecule has 2 fully saturated rings. The second-order valence-corrected chi connectivity index (χ2v) is 12.8. The van der Waals surface area contributed by atoms with E-state index in [-0.39, 0.29) is 36.3 Å². The van der Waals surface area contributed by atoms with Crippen LogP contribution in [0.1, 0.15) is 66.2 Å². The fourth-order valence-corrected chi connectivity index (χ4v) is 7.21. The predicted octanol–water partition coefficient (Wildman–Crippen LogP) is 5.60. The second kappa shape index (κ2) is 13.4. The van der Waals surface area contributed by atoms with Crippen LogP contribution in [-0.2, 0) is 6.54 Å². The number of fused-ring (bicyclic) bond motifs is 1. The standard InChI is InChI=1S/C33H41N5O4S.ClH/c1-20-16-27(43-4)26(32(40)37-20)19-36-31(39)24-17-25(22-8-9-28(35-18-22)38-14-6-5-7-15-38)30-29(21(24)2)41-33(3,42-30)23-10-12-34-13-11-23;/h8-9,16-18,23,34H,5-7,10-15,19H2,1-4H3,(H,36,39)(H,37,40);1H. The van der Waals surface area contributed by atoms with Crippen LogP contribution < -0.4 is 30.6 Å². The number of hydrogen-bond acceptors (Lipinski definition) is 8.